The van der Waals surface area contributed by atoms with Gasteiger partial charge in [-0.25, -0.2) is 4.79 Å². The fourth-order valence-electron chi connectivity index (χ4n) is 2.76. The van der Waals surface area contributed by atoms with Crippen LogP contribution in [0.5, 0.6) is 5.75 Å². The molecule has 0 N–H and O–H groups in total. The van der Waals surface area contributed by atoms with Crippen molar-refractivity contribution >= 4 is 61.5 Å². The second kappa shape index (κ2) is 10.5. The van der Waals surface area contributed by atoms with Crippen molar-refractivity contribution in [3.05, 3.63) is 102 Å². The van der Waals surface area contributed by atoms with E-state index in [2.05, 4.69) is 36.9 Å². The number of ether oxygens (including phenoxy) is 1. The van der Waals surface area contributed by atoms with Gasteiger partial charge in [-0.1, -0.05) is 12.1 Å². The van der Waals surface area contributed by atoms with Crippen LogP contribution in [0.15, 0.2) is 74.6 Å². The van der Waals surface area contributed by atoms with Crippen LogP contribution in [0.1, 0.15) is 22.3 Å². The molecule has 0 spiro atoms. The molecule has 0 aliphatic heterocycles. The lowest BCUT2D eigenvalue weighted by molar-refractivity contribution is -0.384. The summed E-state index contributed by atoms with van der Waals surface area (Å²) in [6.07, 6.45) is 4.53. The smallest absolute Gasteiger partial charge is 0.336 e. The number of esters is 1. The van der Waals surface area contributed by atoms with Crippen molar-refractivity contribution in [2.45, 2.75) is 13.8 Å². The van der Waals surface area contributed by atoms with Gasteiger partial charge in [0.05, 0.1) is 19.6 Å². The van der Waals surface area contributed by atoms with Crippen molar-refractivity contribution in [3.8, 4) is 5.75 Å². The molecule has 162 valence electrons. The normalized spacial score (nSPS) is 11.2. The van der Waals surface area contributed by atoms with Gasteiger partial charge in [-0.2, -0.15) is 0 Å². The van der Waals surface area contributed by atoms with Crippen molar-refractivity contribution in [2.75, 3.05) is 0 Å². The molecule has 0 unspecified atom stereocenters. The summed E-state index contributed by atoms with van der Waals surface area (Å²) in [6.45, 7) is 4.02. The third-order valence-corrected chi connectivity index (χ3v) is 5.63. The van der Waals surface area contributed by atoms with Gasteiger partial charge in [0.2, 0.25) is 0 Å². The molecule has 6 nitrogen and oxygen atoms in total. The fraction of sp³-hybridized carbons (Fsp3) is 0.0833. The van der Waals surface area contributed by atoms with E-state index in [1.165, 1.54) is 24.3 Å². The highest BCUT2D eigenvalue weighted by molar-refractivity contribution is 9.11. The average molecular weight is 558 g/mol. The highest BCUT2D eigenvalue weighted by Crippen LogP contribution is 2.35. The summed E-state index contributed by atoms with van der Waals surface area (Å²) in [6, 6.07) is 15.6. The van der Waals surface area contributed by atoms with Gasteiger partial charge in [-0.3, -0.25) is 15.1 Å². The van der Waals surface area contributed by atoms with E-state index in [9.17, 15) is 14.9 Å². The molecule has 0 atom stereocenters. The Morgan fingerprint density at radius 3 is 2.28 bits per heavy atom. The number of aliphatic imine (C=N–C) groups is 1. The molecule has 0 fully saturated rings. The molecule has 3 rings (SSSR count). The molecular weight excluding hydrogens is 540 g/mol. The Bertz CT molecular complexity index is 1210. The van der Waals surface area contributed by atoms with Gasteiger partial charge in [0.25, 0.3) is 5.69 Å². The summed E-state index contributed by atoms with van der Waals surface area (Å²) in [7, 11) is 0. The van der Waals surface area contributed by atoms with Gasteiger partial charge in [-0.15, -0.1) is 0 Å². The Morgan fingerprint density at radius 1 is 1.00 bits per heavy atom. The number of hydrogen-bond acceptors (Lipinski definition) is 5. The van der Waals surface area contributed by atoms with E-state index in [0.29, 0.717) is 20.3 Å². The van der Waals surface area contributed by atoms with Gasteiger partial charge in [0.1, 0.15) is 0 Å². The molecule has 3 aromatic carbocycles. The van der Waals surface area contributed by atoms with E-state index >= 15 is 0 Å². The van der Waals surface area contributed by atoms with Gasteiger partial charge >= 0.3 is 5.97 Å². The van der Waals surface area contributed by atoms with Crippen molar-refractivity contribution in [1.82, 2.24) is 0 Å². The van der Waals surface area contributed by atoms with E-state index in [0.717, 1.165) is 22.4 Å². The molecule has 0 saturated carbocycles. The largest absolute Gasteiger partial charge is 0.421 e. The lowest BCUT2D eigenvalue weighted by Crippen LogP contribution is -2.05. The first-order chi connectivity index (χ1) is 15.2. The summed E-state index contributed by atoms with van der Waals surface area (Å²) in [5.74, 6) is -0.242. The van der Waals surface area contributed by atoms with Crippen molar-refractivity contribution < 1.29 is 14.5 Å². The first-order valence-electron chi connectivity index (χ1n) is 9.47. The van der Waals surface area contributed by atoms with Crippen LogP contribution < -0.4 is 4.74 Å². The van der Waals surface area contributed by atoms with Gasteiger partial charge in [0.15, 0.2) is 5.75 Å². The molecule has 3 aromatic rings. The Kier molecular flexibility index (Phi) is 7.71. The van der Waals surface area contributed by atoms with E-state index in [4.69, 9.17) is 4.74 Å². The number of benzene rings is 3. The number of nitrogens with zero attached hydrogens (tertiary/aromatic N) is 2. The van der Waals surface area contributed by atoms with E-state index in [1.54, 1.807) is 18.3 Å². The summed E-state index contributed by atoms with van der Waals surface area (Å²) in [5.41, 5.74) is 4.56. The zero-order valence-electron chi connectivity index (χ0n) is 17.2. The third kappa shape index (κ3) is 6.21. The maximum absolute atomic E-state index is 12.2. The van der Waals surface area contributed by atoms with Crippen molar-refractivity contribution in [1.29, 1.82) is 0 Å². The Morgan fingerprint density at radius 2 is 1.66 bits per heavy atom. The zero-order chi connectivity index (χ0) is 23.3. The minimum Gasteiger partial charge on any atom is -0.421 e. The number of hydrogen-bond donors (Lipinski definition) is 0. The van der Waals surface area contributed by atoms with Crippen LogP contribution in [0.25, 0.3) is 6.08 Å². The third-order valence-electron chi connectivity index (χ3n) is 4.46. The molecule has 0 bridgehead atoms. The molecule has 0 aliphatic rings. The van der Waals surface area contributed by atoms with Crippen LogP contribution in [0, 0.1) is 24.0 Å². The van der Waals surface area contributed by atoms with Crippen LogP contribution in [0.4, 0.5) is 11.4 Å². The monoisotopic (exact) mass is 556 g/mol. The fourth-order valence-corrected chi connectivity index (χ4v) is 4.14. The molecule has 0 heterocycles. The number of non-ortho nitro benzene ring substituents is 1. The molecule has 0 amide bonds. The maximum Gasteiger partial charge on any atom is 0.336 e. The number of nitro benzene ring substituents is 1. The zero-order valence-corrected chi connectivity index (χ0v) is 20.4. The number of halogens is 2. The quantitative estimate of drug-likeness (QED) is 0.0807. The number of rotatable bonds is 6. The number of carbonyl (C=O) groups is 1. The highest BCUT2D eigenvalue weighted by atomic mass is 79.9. The minimum absolute atomic E-state index is 0.0150. The number of nitro groups is 1. The Hall–Kier alpha value is -3.10. The van der Waals surface area contributed by atoms with Crippen LogP contribution in [-0.4, -0.2) is 17.1 Å². The van der Waals surface area contributed by atoms with Crippen LogP contribution >= 0.6 is 31.9 Å². The predicted octanol–water partition coefficient (Wildman–Crippen LogP) is 7.11. The van der Waals surface area contributed by atoms with Crippen LogP contribution in [-0.2, 0) is 4.79 Å². The van der Waals surface area contributed by atoms with Crippen molar-refractivity contribution in [2.24, 2.45) is 4.99 Å². The molecular formula is C24H18Br2N2O4. The topological polar surface area (TPSA) is 81.8 Å². The average Bonchev–Trinajstić information content (AvgIpc) is 2.75. The second-order valence-corrected chi connectivity index (χ2v) is 8.67. The van der Waals surface area contributed by atoms with Gasteiger partial charge < -0.3 is 4.74 Å². The molecule has 8 heteroatoms. The molecule has 0 saturated heterocycles. The van der Waals surface area contributed by atoms with Gasteiger partial charge in [0, 0.05) is 24.4 Å². The lowest BCUT2D eigenvalue weighted by Gasteiger charge is -2.08. The maximum atomic E-state index is 12.2. The number of carbonyl (C=O) groups excluding carboxylic acids is 1. The predicted molar refractivity (Wildman–Crippen MR) is 133 cm³/mol. The summed E-state index contributed by atoms with van der Waals surface area (Å²) < 4.78 is 6.62. The summed E-state index contributed by atoms with van der Waals surface area (Å²) in [4.78, 5) is 27.0. The molecule has 0 radical (unpaired) electrons. The first kappa shape index (κ1) is 23.6. The summed E-state index contributed by atoms with van der Waals surface area (Å²) >= 11 is 6.88. The first-order valence-corrected chi connectivity index (χ1v) is 11.1. The SMILES string of the molecule is Cc1ccc(C)c(N=Cc2cc(Br)c(OC(=O)/C=C/c3ccc([N+](=O)[O-])cc3)c(Br)c2)c1. The van der Waals surface area contributed by atoms with Gasteiger partial charge in [-0.05, 0) is 104 Å². The van der Waals surface area contributed by atoms with Crippen LogP contribution in [0.3, 0.4) is 0 Å². The lowest BCUT2D eigenvalue weighted by atomic mass is 10.1. The Balaban J connectivity index is 1.72. The number of aryl methyl sites for hydroxylation is 2. The van der Waals surface area contributed by atoms with E-state index in [1.807, 2.05) is 44.2 Å². The molecule has 32 heavy (non-hydrogen) atoms. The molecule has 0 aliphatic carbocycles. The highest BCUT2D eigenvalue weighted by Gasteiger charge is 2.12. The molecule has 0 aromatic heterocycles. The van der Waals surface area contributed by atoms with E-state index in [-0.39, 0.29) is 5.69 Å². The summed E-state index contributed by atoms with van der Waals surface area (Å²) in [5, 5.41) is 10.7. The van der Waals surface area contributed by atoms with Crippen molar-refractivity contribution in [3.63, 3.8) is 0 Å². The minimum atomic E-state index is -0.582. The van der Waals surface area contributed by atoms with E-state index < -0.39 is 10.9 Å². The standard InChI is InChI=1S/C24H18Br2N2O4/c1-15-3-4-16(2)22(11-15)27-14-18-12-20(25)24(21(26)13-18)32-23(29)10-7-17-5-8-19(9-6-17)28(30)31/h3-14H,1-2H3/b10-7+,27-14?. The second-order valence-electron chi connectivity index (χ2n) is 6.96. The Labute approximate surface area is 202 Å². The van der Waals surface area contributed by atoms with Crippen LogP contribution in [0.2, 0.25) is 0 Å².